The van der Waals surface area contributed by atoms with Crippen molar-refractivity contribution in [2.75, 3.05) is 54.9 Å². The Morgan fingerprint density at radius 1 is 1.03 bits per heavy atom. The zero-order valence-electron chi connectivity index (χ0n) is 19.7. The molecule has 10 heteroatoms. The van der Waals surface area contributed by atoms with Crippen LogP contribution in [-0.2, 0) is 4.74 Å². The number of morpholine rings is 1. The van der Waals surface area contributed by atoms with Crippen molar-refractivity contribution in [3.05, 3.63) is 24.7 Å². The minimum absolute atomic E-state index is 0.458. The molecular weight excluding hydrogens is 430 g/mol. The van der Waals surface area contributed by atoms with Crippen LogP contribution >= 0.6 is 0 Å². The number of hydrogen-bond acceptors (Lipinski definition) is 9. The second kappa shape index (κ2) is 11.0. The topological polar surface area (TPSA) is 119 Å². The lowest BCUT2D eigenvalue weighted by Crippen LogP contribution is -2.36. The number of aromatic nitrogens is 5. The van der Waals surface area contributed by atoms with E-state index in [4.69, 9.17) is 25.4 Å². The summed E-state index contributed by atoms with van der Waals surface area (Å²) in [6.07, 6.45) is 11.8. The summed E-state index contributed by atoms with van der Waals surface area (Å²) in [5.74, 6) is 2.29. The SMILES string of the molecule is NCCCCCNc1nc(Nc2ccc(N3CCOCC3)nc2)c2ncn(C3CCCC3)c2n1. The normalized spacial score (nSPS) is 16.9. The quantitative estimate of drug-likeness (QED) is 0.387. The second-order valence-electron chi connectivity index (χ2n) is 9.06. The zero-order chi connectivity index (χ0) is 23.2. The molecule has 5 rings (SSSR count). The molecule has 2 fully saturated rings. The van der Waals surface area contributed by atoms with E-state index in [-0.39, 0.29) is 0 Å². The van der Waals surface area contributed by atoms with Gasteiger partial charge in [0, 0.05) is 25.7 Å². The fourth-order valence-electron chi connectivity index (χ4n) is 4.75. The van der Waals surface area contributed by atoms with E-state index >= 15 is 0 Å². The van der Waals surface area contributed by atoms with Crippen LogP contribution in [0.3, 0.4) is 0 Å². The lowest BCUT2D eigenvalue weighted by molar-refractivity contribution is 0.122. The van der Waals surface area contributed by atoms with E-state index in [1.54, 1.807) is 0 Å². The van der Waals surface area contributed by atoms with E-state index in [1.165, 1.54) is 25.7 Å². The Bertz CT molecular complexity index is 1060. The second-order valence-corrected chi connectivity index (χ2v) is 9.06. The summed E-state index contributed by atoms with van der Waals surface area (Å²) in [5, 5.41) is 6.85. The Morgan fingerprint density at radius 3 is 2.65 bits per heavy atom. The fourth-order valence-corrected chi connectivity index (χ4v) is 4.75. The van der Waals surface area contributed by atoms with E-state index in [9.17, 15) is 0 Å². The molecule has 0 atom stereocenters. The number of nitrogens with zero attached hydrogens (tertiary/aromatic N) is 6. The van der Waals surface area contributed by atoms with Crippen molar-refractivity contribution in [3.63, 3.8) is 0 Å². The molecule has 1 saturated heterocycles. The predicted octanol–water partition coefficient (Wildman–Crippen LogP) is 3.46. The molecule has 1 aliphatic carbocycles. The largest absolute Gasteiger partial charge is 0.378 e. The Labute approximate surface area is 200 Å². The first-order valence-corrected chi connectivity index (χ1v) is 12.6. The minimum atomic E-state index is 0.458. The highest BCUT2D eigenvalue weighted by atomic mass is 16.5. The average Bonchev–Trinajstić information content (AvgIpc) is 3.55. The standard InChI is InChI=1S/C24H35N9O/c25-10-4-1-5-11-26-24-30-22(21-23(31-24)33(17-28-21)19-6-2-3-7-19)29-18-8-9-20(27-16-18)32-12-14-34-15-13-32/h8-9,16-17,19H,1-7,10-15,25H2,(H2,26,29,30,31). The lowest BCUT2D eigenvalue weighted by atomic mass is 10.2. The van der Waals surface area contributed by atoms with Gasteiger partial charge in [-0.2, -0.15) is 9.97 Å². The highest BCUT2D eigenvalue weighted by molar-refractivity contribution is 5.86. The first-order chi connectivity index (χ1) is 16.8. The van der Waals surface area contributed by atoms with E-state index < -0.39 is 0 Å². The van der Waals surface area contributed by atoms with Crippen molar-refractivity contribution < 1.29 is 4.74 Å². The van der Waals surface area contributed by atoms with Gasteiger partial charge in [0.05, 0.1) is 31.4 Å². The molecular formula is C24H35N9O. The average molecular weight is 466 g/mol. The molecule has 10 nitrogen and oxygen atoms in total. The molecule has 182 valence electrons. The van der Waals surface area contributed by atoms with Gasteiger partial charge in [0.25, 0.3) is 0 Å². The molecule has 4 N–H and O–H groups in total. The van der Waals surface area contributed by atoms with Gasteiger partial charge in [-0.05, 0) is 44.4 Å². The fraction of sp³-hybridized carbons (Fsp3) is 0.583. The third kappa shape index (κ3) is 5.23. The predicted molar refractivity (Wildman–Crippen MR) is 135 cm³/mol. The molecule has 1 saturated carbocycles. The molecule has 3 aromatic heterocycles. The maximum absolute atomic E-state index is 5.62. The summed E-state index contributed by atoms with van der Waals surface area (Å²) < 4.78 is 7.68. The number of ether oxygens (including phenoxy) is 1. The summed E-state index contributed by atoms with van der Waals surface area (Å²) in [6, 6.07) is 4.54. The van der Waals surface area contributed by atoms with Gasteiger partial charge < -0.3 is 30.6 Å². The number of fused-ring (bicyclic) bond motifs is 1. The molecule has 2 aliphatic rings. The number of imidazole rings is 1. The summed E-state index contributed by atoms with van der Waals surface area (Å²) in [7, 11) is 0. The summed E-state index contributed by atoms with van der Waals surface area (Å²) in [6.45, 7) is 4.77. The maximum Gasteiger partial charge on any atom is 0.226 e. The van der Waals surface area contributed by atoms with Crippen LogP contribution in [0.25, 0.3) is 11.2 Å². The summed E-state index contributed by atoms with van der Waals surface area (Å²) >= 11 is 0. The van der Waals surface area contributed by atoms with Crippen molar-refractivity contribution in [2.24, 2.45) is 5.73 Å². The van der Waals surface area contributed by atoms with Crippen molar-refractivity contribution in [2.45, 2.75) is 51.0 Å². The molecule has 3 aromatic rings. The molecule has 0 amide bonds. The molecule has 4 heterocycles. The summed E-state index contributed by atoms with van der Waals surface area (Å²) in [5.41, 5.74) is 8.16. The Balaban J connectivity index is 1.38. The highest BCUT2D eigenvalue weighted by Crippen LogP contribution is 2.33. The number of nitrogens with one attached hydrogen (secondary N) is 2. The molecule has 34 heavy (non-hydrogen) atoms. The van der Waals surface area contributed by atoms with Gasteiger partial charge in [-0.3, -0.25) is 0 Å². The molecule has 0 radical (unpaired) electrons. The first-order valence-electron chi connectivity index (χ1n) is 12.6. The van der Waals surface area contributed by atoms with Crippen LogP contribution < -0.4 is 21.3 Å². The minimum Gasteiger partial charge on any atom is -0.378 e. The van der Waals surface area contributed by atoms with Crippen LogP contribution in [0, 0.1) is 0 Å². The van der Waals surface area contributed by atoms with Crippen molar-refractivity contribution >= 4 is 34.4 Å². The van der Waals surface area contributed by atoms with Gasteiger partial charge in [-0.15, -0.1) is 0 Å². The molecule has 0 aromatic carbocycles. The van der Waals surface area contributed by atoms with Gasteiger partial charge in [0.1, 0.15) is 5.82 Å². The van der Waals surface area contributed by atoms with Crippen molar-refractivity contribution in [3.8, 4) is 0 Å². The molecule has 0 bridgehead atoms. The third-order valence-corrected chi connectivity index (χ3v) is 6.65. The molecule has 0 unspecified atom stereocenters. The maximum atomic E-state index is 5.62. The van der Waals surface area contributed by atoms with Gasteiger partial charge in [0.15, 0.2) is 17.0 Å². The van der Waals surface area contributed by atoms with Crippen LogP contribution in [0.2, 0.25) is 0 Å². The number of anilines is 4. The van der Waals surface area contributed by atoms with Gasteiger partial charge in [-0.25, -0.2) is 9.97 Å². The first kappa shape index (κ1) is 22.8. The number of nitrogens with two attached hydrogens (primary N) is 1. The summed E-state index contributed by atoms with van der Waals surface area (Å²) in [4.78, 5) is 21.2. The molecule has 1 aliphatic heterocycles. The van der Waals surface area contributed by atoms with E-state index in [1.807, 2.05) is 24.7 Å². The van der Waals surface area contributed by atoms with E-state index in [0.29, 0.717) is 17.8 Å². The zero-order valence-corrected chi connectivity index (χ0v) is 19.7. The van der Waals surface area contributed by atoms with Crippen molar-refractivity contribution in [1.82, 2.24) is 24.5 Å². The van der Waals surface area contributed by atoms with Crippen LogP contribution in [0.5, 0.6) is 0 Å². The monoisotopic (exact) mass is 465 g/mol. The Kier molecular flexibility index (Phi) is 7.35. The third-order valence-electron chi connectivity index (χ3n) is 6.65. The van der Waals surface area contributed by atoms with Crippen LogP contribution in [-0.4, -0.2) is 63.9 Å². The number of hydrogen-bond donors (Lipinski definition) is 3. The number of rotatable bonds is 10. The van der Waals surface area contributed by atoms with Crippen molar-refractivity contribution in [1.29, 1.82) is 0 Å². The van der Waals surface area contributed by atoms with Crippen LogP contribution in [0.15, 0.2) is 24.7 Å². The Hall–Kier alpha value is -2.98. The van der Waals surface area contributed by atoms with Crippen LogP contribution in [0.1, 0.15) is 51.0 Å². The van der Waals surface area contributed by atoms with Gasteiger partial charge in [-0.1, -0.05) is 19.3 Å². The van der Waals surface area contributed by atoms with Crippen LogP contribution in [0.4, 0.5) is 23.3 Å². The molecule has 0 spiro atoms. The van der Waals surface area contributed by atoms with Gasteiger partial charge in [0.2, 0.25) is 5.95 Å². The van der Waals surface area contributed by atoms with E-state index in [2.05, 4.69) is 25.1 Å². The Morgan fingerprint density at radius 2 is 1.88 bits per heavy atom. The van der Waals surface area contributed by atoms with Gasteiger partial charge >= 0.3 is 0 Å². The number of unbranched alkanes of at least 4 members (excludes halogenated alkanes) is 2. The smallest absolute Gasteiger partial charge is 0.226 e. The lowest BCUT2D eigenvalue weighted by Gasteiger charge is -2.27. The number of pyridine rings is 1. The van der Waals surface area contributed by atoms with E-state index in [0.717, 1.165) is 81.3 Å². The highest BCUT2D eigenvalue weighted by Gasteiger charge is 2.22.